The predicted molar refractivity (Wildman–Crippen MR) is 50.9 cm³/mol. The number of alkyl halides is 2. The first-order valence-corrected chi connectivity index (χ1v) is 5.30. The lowest BCUT2D eigenvalue weighted by Crippen LogP contribution is -2.24. The number of rotatable bonds is 1. The van der Waals surface area contributed by atoms with Gasteiger partial charge in [0.1, 0.15) is 0 Å². The maximum atomic E-state index is 13.2. The Hall–Kier alpha value is -0.140. The molecule has 0 saturated heterocycles. The third-order valence-corrected chi connectivity index (χ3v) is 3.32. The van der Waals surface area contributed by atoms with Gasteiger partial charge in [0, 0.05) is 12.8 Å². The molecule has 2 atom stereocenters. The van der Waals surface area contributed by atoms with Gasteiger partial charge in [-0.3, -0.25) is 0 Å². The fourth-order valence-electron chi connectivity index (χ4n) is 2.44. The van der Waals surface area contributed by atoms with Crippen LogP contribution in [0.1, 0.15) is 46.5 Å². The SMILES string of the molecule is CC(C)C1CC(F)(F)CCCC1C. The van der Waals surface area contributed by atoms with Gasteiger partial charge in [0.25, 0.3) is 0 Å². The Bertz CT molecular complexity index is 163. The van der Waals surface area contributed by atoms with E-state index in [1.54, 1.807) is 0 Å². The van der Waals surface area contributed by atoms with Gasteiger partial charge in [0.05, 0.1) is 0 Å². The second kappa shape index (κ2) is 3.93. The second-order valence-electron chi connectivity index (χ2n) is 4.84. The molecule has 0 amide bonds. The van der Waals surface area contributed by atoms with E-state index in [1.165, 1.54) is 0 Å². The molecule has 1 rings (SSSR count). The highest BCUT2D eigenvalue weighted by Crippen LogP contribution is 2.40. The summed E-state index contributed by atoms with van der Waals surface area (Å²) in [7, 11) is 0. The minimum atomic E-state index is -2.40. The Kier molecular flexibility index (Phi) is 3.31. The van der Waals surface area contributed by atoms with Gasteiger partial charge in [-0.15, -0.1) is 0 Å². The molecular formula is C11H20F2. The average molecular weight is 190 g/mol. The number of hydrogen-bond donors (Lipinski definition) is 0. The first-order chi connectivity index (χ1) is 5.92. The summed E-state index contributed by atoms with van der Waals surface area (Å²) in [6.07, 6.45) is 1.86. The minimum Gasteiger partial charge on any atom is -0.207 e. The smallest absolute Gasteiger partial charge is 0.207 e. The third kappa shape index (κ3) is 2.92. The van der Waals surface area contributed by atoms with Crippen LogP contribution in [-0.2, 0) is 0 Å². The molecule has 0 aromatic heterocycles. The van der Waals surface area contributed by atoms with Crippen molar-refractivity contribution >= 4 is 0 Å². The molecular weight excluding hydrogens is 170 g/mol. The Balaban J connectivity index is 2.67. The molecule has 2 heteroatoms. The number of hydrogen-bond acceptors (Lipinski definition) is 0. The van der Waals surface area contributed by atoms with Crippen molar-refractivity contribution in [2.75, 3.05) is 0 Å². The molecule has 0 radical (unpaired) electrons. The van der Waals surface area contributed by atoms with E-state index < -0.39 is 5.92 Å². The standard InChI is InChI=1S/C11H20F2/c1-8(2)10-7-11(12,13)6-4-5-9(10)3/h8-10H,4-7H2,1-3H3. The predicted octanol–water partition coefficient (Wildman–Crippen LogP) is 4.10. The van der Waals surface area contributed by atoms with E-state index in [0.29, 0.717) is 18.3 Å². The summed E-state index contributed by atoms with van der Waals surface area (Å²) in [5, 5.41) is 0. The monoisotopic (exact) mass is 190 g/mol. The largest absolute Gasteiger partial charge is 0.248 e. The van der Waals surface area contributed by atoms with E-state index in [0.717, 1.165) is 6.42 Å². The Morgan fingerprint density at radius 2 is 1.92 bits per heavy atom. The van der Waals surface area contributed by atoms with Gasteiger partial charge in [-0.05, 0) is 24.2 Å². The highest BCUT2D eigenvalue weighted by Gasteiger charge is 2.38. The van der Waals surface area contributed by atoms with Crippen molar-refractivity contribution in [1.82, 2.24) is 0 Å². The summed E-state index contributed by atoms with van der Waals surface area (Å²) in [6, 6.07) is 0. The van der Waals surface area contributed by atoms with Crippen molar-refractivity contribution in [2.45, 2.75) is 52.4 Å². The molecule has 0 aromatic carbocycles. The van der Waals surface area contributed by atoms with Gasteiger partial charge in [0.2, 0.25) is 5.92 Å². The summed E-state index contributed by atoms with van der Waals surface area (Å²) in [4.78, 5) is 0. The summed E-state index contributed by atoms with van der Waals surface area (Å²) in [6.45, 7) is 6.23. The Labute approximate surface area is 79.7 Å². The maximum absolute atomic E-state index is 13.2. The minimum absolute atomic E-state index is 0.0978. The maximum Gasteiger partial charge on any atom is 0.248 e. The van der Waals surface area contributed by atoms with Crippen LogP contribution < -0.4 is 0 Å². The van der Waals surface area contributed by atoms with Gasteiger partial charge in [0.15, 0.2) is 0 Å². The van der Waals surface area contributed by atoms with Crippen LogP contribution >= 0.6 is 0 Å². The van der Waals surface area contributed by atoms with Crippen LogP contribution in [0.25, 0.3) is 0 Å². The molecule has 13 heavy (non-hydrogen) atoms. The zero-order chi connectivity index (χ0) is 10.1. The van der Waals surface area contributed by atoms with E-state index in [2.05, 4.69) is 20.8 Å². The molecule has 1 aliphatic carbocycles. The average Bonchev–Trinajstić information content (AvgIpc) is 2.10. The van der Waals surface area contributed by atoms with E-state index >= 15 is 0 Å². The van der Waals surface area contributed by atoms with Crippen molar-refractivity contribution in [3.8, 4) is 0 Å². The quantitative estimate of drug-likeness (QED) is 0.546. The van der Waals surface area contributed by atoms with Gasteiger partial charge in [-0.1, -0.05) is 27.2 Å². The lowest BCUT2D eigenvalue weighted by molar-refractivity contribution is -0.0335. The molecule has 78 valence electrons. The van der Waals surface area contributed by atoms with Gasteiger partial charge >= 0.3 is 0 Å². The highest BCUT2D eigenvalue weighted by molar-refractivity contribution is 4.81. The van der Waals surface area contributed by atoms with E-state index in [9.17, 15) is 8.78 Å². The summed E-state index contributed by atoms with van der Waals surface area (Å²) < 4.78 is 26.5. The van der Waals surface area contributed by atoms with Crippen LogP contribution in [0.4, 0.5) is 8.78 Å². The summed E-state index contributed by atoms with van der Waals surface area (Å²) >= 11 is 0. The molecule has 1 saturated carbocycles. The fourth-order valence-corrected chi connectivity index (χ4v) is 2.44. The van der Waals surface area contributed by atoms with Crippen LogP contribution in [0, 0.1) is 17.8 Å². The van der Waals surface area contributed by atoms with Crippen molar-refractivity contribution in [3.05, 3.63) is 0 Å². The van der Waals surface area contributed by atoms with Crippen molar-refractivity contribution in [3.63, 3.8) is 0 Å². The molecule has 0 nitrogen and oxygen atoms in total. The van der Waals surface area contributed by atoms with Gasteiger partial charge in [-0.2, -0.15) is 0 Å². The molecule has 2 unspecified atom stereocenters. The van der Waals surface area contributed by atoms with Gasteiger partial charge in [-0.25, -0.2) is 8.78 Å². The first-order valence-electron chi connectivity index (χ1n) is 5.30. The molecule has 0 N–H and O–H groups in total. The first kappa shape index (κ1) is 10.9. The summed E-state index contributed by atoms with van der Waals surface area (Å²) in [5.74, 6) is -1.34. The van der Waals surface area contributed by atoms with Crippen LogP contribution in [0.2, 0.25) is 0 Å². The highest BCUT2D eigenvalue weighted by atomic mass is 19.3. The lowest BCUT2D eigenvalue weighted by Gasteiger charge is -2.27. The third-order valence-electron chi connectivity index (χ3n) is 3.32. The van der Waals surface area contributed by atoms with Crippen molar-refractivity contribution in [2.24, 2.45) is 17.8 Å². The van der Waals surface area contributed by atoms with Crippen LogP contribution in [0.15, 0.2) is 0 Å². The normalized spacial score (nSPS) is 34.6. The lowest BCUT2D eigenvalue weighted by atomic mass is 9.81. The van der Waals surface area contributed by atoms with E-state index in [1.807, 2.05) is 0 Å². The zero-order valence-electron chi connectivity index (χ0n) is 8.82. The van der Waals surface area contributed by atoms with Crippen molar-refractivity contribution < 1.29 is 8.78 Å². The topological polar surface area (TPSA) is 0 Å². The number of halogens is 2. The molecule has 1 aliphatic rings. The van der Waals surface area contributed by atoms with Crippen LogP contribution in [0.5, 0.6) is 0 Å². The molecule has 1 fully saturated rings. The molecule has 0 aromatic rings. The van der Waals surface area contributed by atoms with Gasteiger partial charge < -0.3 is 0 Å². The molecule has 0 aliphatic heterocycles. The molecule has 0 bridgehead atoms. The van der Waals surface area contributed by atoms with Crippen LogP contribution in [0.3, 0.4) is 0 Å². The summed E-state index contributed by atoms with van der Waals surface area (Å²) in [5.41, 5.74) is 0. The Morgan fingerprint density at radius 3 is 2.46 bits per heavy atom. The van der Waals surface area contributed by atoms with E-state index in [-0.39, 0.29) is 18.8 Å². The molecule has 0 heterocycles. The van der Waals surface area contributed by atoms with Crippen LogP contribution in [-0.4, -0.2) is 5.92 Å². The zero-order valence-corrected chi connectivity index (χ0v) is 8.82. The Morgan fingerprint density at radius 1 is 1.31 bits per heavy atom. The second-order valence-corrected chi connectivity index (χ2v) is 4.84. The van der Waals surface area contributed by atoms with Crippen molar-refractivity contribution in [1.29, 1.82) is 0 Å². The van der Waals surface area contributed by atoms with E-state index in [4.69, 9.17) is 0 Å². The fraction of sp³-hybridized carbons (Fsp3) is 1.00. The molecule has 0 spiro atoms.